The van der Waals surface area contributed by atoms with Crippen molar-refractivity contribution in [3.63, 3.8) is 0 Å². The van der Waals surface area contributed by atoms with Crippen molar-refractivity contribution in [3.8, 4) is 0 Å². The fraction of sp³-hybridized carbons (Fsp3) is 0.333. The van der Waals surface area contributed by atoms with Gasteiger partial charge in [-0.05, 0) is 11.6 Å². The molecule has 0 aliphatic carbocycles. The third kappa shape index (κ3) is 4.28. The fourth-order valence-corrected chi connectivity index (χ4v) is 0.630. The van der Waals surface area contributed by atoms with Gasteiger partial charge in [0.1, 0.15) is 5.17 Å². The molecular weight excluding hydrogens is 228 g/mol. The van der Waals surface area contributed by atoms with Gasteiger partial charge in [-0.25, -0.2) is 4.99 Å². The summed E-state index contributed by atoms with van der Waals surface area (Å²) in [6, 6.07) is 0. The van der Waals surface area contributed by atoms with Gasteiger partial charge in [-0.1, -0.05) is 18.2 Å². The lowest BCUT2D eigenvalue weighted by atomic mass is 10.3. The molecule has 2 nitrogen and oxygen atoms in total. The predicted octanol–water partition coefficient (Wildman–Crippen LogP) is 2.97. The van der Waals surface area contributed by atoms with Crippen LogP contribution in [0.15, 0.2) is 22.1 Å². The van der Waals surface area contributed by atoms with Gasteiger partial charge in [-0.3, -0.25) is 4.99 Å². The first-order valence-electron chi connectivity index (χ1n) is 2.92. The molecule has 0 unspecified atom stereocenters. The summed E-state index contributed by atoms with van der Waals surface area (Å²) in [5.41, 5.74) is -1.25. The van der Waals surface area contributed by atoms with Crippen LogP contribution >= 0.6 is 23.2 Å². The first-order valence-corrected chi connectivity index (χ1v) is 3.67. The van der Waals surface area contributed by atoms with E-state index in [0.717, 1.165) is 0 Å². The standard InChI is InChI=1S/C6H5Cl2F3N2/c1-3(6(9,10)11)4(7)13-5(8)12-2/h1H2,2H3. The molecule has 0 radical (unpaired) electrons. The molecule has 13 heavy (non-hydrogen) atoms. The van der Waals surface area contributed by atoms with Crippen LogP contribution in [0.25, 0.3) is 0 Å². The quantitative estimate of drug-likeness (QED) is 0.378. The van der Waals surface area contributed by atoms with Gasteiger partial charge in [0.05, 0.1) is 5.57 Å². The van der Waals surface area contributed by atoms with E-state index in [9.17, 15) is 13.2 Å². The van der Waals surface area contributed by atoms with Crippen LogP contribution in [-0.2, 0) is 0 Å². The van der Waals surface area contributed by atoms with Gasteiger partial charge in [0.15, 0.2) is 0 Å². The molecule has 0 saturated carbocycles. The highest BCUT2D eigenvalue weighted by Crippen LogP contribution is 2.26. The average Bonchev–Trinajstić information content (AvgIpc) is 2.01. The lowest BCUT2D eigenvalue weighted by Crippen LogP contribution is -2.16. The van der Waals surface area contributed by atoms with E-state index in [1.54, 1.807) is 0 Å². The maximum Gasteiger partial charge on any atom is 0.418 e. The molecule has 0 aromatic heterocycles. The number of halogens is 5. The Morgan fingerprint density at radius 1 is 1.31 bits per heavy atom. The highest BCUT2D eigenvalue weighted by Gasteiger charge is 2.34. The van der Waals surface area contributed by atoms with Crippen molar-refractivity contribution in [2.24, 2.45) is 9.98 Å². The lowest BCUT2D eigenvalue weighted by molar-refractivity contribution is -0.0854. The molecule has 0 atom stereocenters. The third-order valence-corrected chi connectivity index (χ3v) is 1.53. The highest BCUT2D eigenvalue weighted by atomic mass is 35.5. The minimum absolute atomic E-state index is 0.365. The number of amidine groups is 1. The molecule has 0 aromatic rings. The maximum absolute atomic E-state index is 11.9. The van der Waals surface area contributed by atoms with Crippen molar-refractivity contribution < 1.29 is 13.2 Å². The van der Waals surface area contributed by atoms with Crippen LogP contribution < -0.4 is 0 Å². The number of hydrogen-bond donors (Lipinski definition) is 0. The predicted molar refractivity (Wildman–Crippen MR) is 47.7 cm³/mol. The van der Waals surface area contributed by atoms with Crippen molar-refractivity contribution in [1.29, 1.82) is 0 Å². The molecule has 0 aromatic carbocycles. The van der Waals surface area contributed by atoms with Gasteiger partial charge < -0.3 is 0 Å². The molecule has 74 valence electrons. The average molecular weight is 233 g/mol. The van der Waals surface area contributed by atoms with Crippen molar-refractivity contribution in [3.05, 3.63) is 12.2 Å². The number of rotatable bonds is 1. The zero-order chi connectivity index (χ0) is 10.6. The van der Waals surface area contributed by atoms with Crippen LogP contribution in [-0.4, -0.2) is 23.7 Å². The highest BCUT2D eigenvalue weighted by molar-refractivity contribution is 6.74. The van der Waals surface area contributed by atoms with E-state index in [1.165, 1.54) is 7.05 Å². The van der Waals surface area contributed by atoms with Crippen LogP contribution in [0.2, 0.25) is 0 Å². The van der Waals surface area contributed by atoms with E-state index in [-0.39, 0.29) is 5.29 Å². The first kappa shape index (κ1) is 12.4. The van der Waals surface area contributed by atoms with Crippen LogP contribution in [0.5, 0.6) is 0 Å². The molecule has 0 amide bonds. The Morgan fingerprint density at radius 3 is 2.08 bits per heavy atom. The van der Waals surface area contributed by atoms with Gasteiger partial charge in [-0.15, -0.1) is 0 Å². The normalized spacial score (nSPS) is 14.6. The van der Waals surface area contributed by atoms with Crippen molar-refractivity contribution in [1.82, 2.24) is 0 Å². The smallest absolute Gasteiger partial charge is 0.260 e. The van der Waals surface area contributed by atoms with E-state index in [0.29, 0.717) is 0 Å². The molecule has 7 heteroatoms. The van der Waals surface area contributed by atoms with Crippen molar-refractivity contribution in [2.75, 3.05) is 7.05 Å². The van der Waals surface area contributed by atoms with Gasteiger partial charge in [-0.2, -0.15) is 13.2 Å². The van der Waals surface area contributed by atoms with Crippen LogP contribution in [0, 0.1) is 0 Å². The number of hydrogen-bond acceptors (Lipinski definition) is 1. The minimum atomic E-state index is -4.61. The minimum Gasteiger partial charge on any atom is -0.260 e. The van der Waals surface area contributed by atoms with Gasteiger partial charge in [0.25, 0.3) is 0 Å². The SMILES string of the molecule is C=C(C(Cl)=NC(Cl)=NC)C(F)(F)F. The summed E-state index contributed by atoms with van der Waals surface area (Å²) in [5, 5.41) is -1.18. The van der Waals surface area contributed by atoms with E-state index in [2.05, 4.69) is 16.6 Å². The molecule has 0 spiro atoms. The Labute approximate surface area is 82.8 Å². The molecule has 0 N–H and O–H groups in total. The third-order valence-electron chi connectivity index (χ3n) is 0.966. The molecule has 0 aliphatic heterocycles. The van der Waals surface area contributed by atoms with Gasteiger partial charge >= 0.3 is 6.18 Å². The summed E-state index contributed by atoms with van der Waals surface area (Å²) in [5.74, 6) is 0. The summed E-state index contributed by atoms with van der Waals surface area (Å²) in [7, 11) is 1.27. The monoisotopic (exact) mass is 232 g/mol. The second kappa shape index (κ2) is 4.62. The van der Waals surface area contributed by atoms with Crippen molar-refractivity contribution >= 4 is 33.7 Å². The Kier molecular flexibility index (Phi) is 4.43. The zero-order valence-electron chi connectivity index (χ0n) is 6.49. The fourth-order valence-electron chi connectivity index (χ4n) is 0.315. The summed E-state index contributed by atoms with van der Waals surface area (Å²) in [6.07, 6.45) is -4.61. The van der Waals surface area contributed by atoms with E-state index in [1.807, 2.05) is 0 Å². The van der Waals surface area contributed by atoms with E-state index >= 15 is 0 Å². The molecule has 0 saturated heterocycles. The summed E-state index contributed by atoms with van der Waals surface area (Å²) < 4.78 is 35.7. The number of nitrogens with zero attached hydrogens (tertiary/aromatic N) is 2. The molecule has 0 heterocycles. The molecule has 0 aliphatic rings. The zero-order valence-corrected chi connectivity index (χ0v) is 8.00. The molecule has 0 fully saturated rings. The van der Waals surface area contributed by atoms with Crippen LogP contribution in [0.4, 0.5) is 13.2 Å². The second-order valence-corrected chi connectivity index (χ2v) is 2.57. The number of alkyl halides is 3. The second-order valence-electron chi connectivity index (χ2n) is 1.87. The van der Waals surface area contributed by atoms with Crippen LogP contribution in [0.3, 0.4) is 0 Å². The summed E-state index contributed by atoms with van der Waals surface area (Å²) in [4.78, 5) is 6.43. The molecule has 0 bridgehead atoms. The van der Waals surface area contributed by atoms with E-state index < -0.39 is 16.9 Å². The van der Waals surface area contributed by atoms with Gasteiger partial charge in [0, 0.05) is 7.05 Å². The Hall–Kier alpha value is -0.550. The lowest BCUT2D eigenvalue weighted by Gasteiger charge is -2.06. The molecular formula is C6H5Cl2F3N2. The van der Waals surface area contributed by atoms with E-state index in [4.69, 9.17) is 23.2 Å². The number of allylic oxidation sites excluding steroid dienone is 1. The largest absolute Gasteiger partial charge is 0.418 e. The number of aliphatic imine (C=N–C) groups is 2. The maximum atomic E-state index is 11.9. The van der Waals surface area contributed by atoms with Crippen LogP contribution in [0.1, 0.15) is 0 Å². The Morgan fingerprint density at radius 2 is 1.77 bits per heavy atom. The first-order chi connectivity index (χ1) is 5.79. The van der Waals surface area contributed by atoms with Crippen molar-refractivity contribution in [2.45, 2.75) is 6.18 Å². The topological polar surface area (TPSA) is 24.7 Å². The molecule has 0 rings (SSSR count). The Balaban J connectivity index is 4.72. The Bertz CT molecular complexity index is 268. The summed E-state index contributed by atoms with van der Waals surface area (Å²) in [6.45, 7) is 2.71. The summed E-state index contributed by atoms with van der Waals surface area (Å²) >= 11 is 10.4. The van der Waals surface area contributed by atoms with Gasteiger partial charge in [0.2, 0.25) is 5.29 Å².